The number of carbonyl (C=O) groups excluding carboxylic acids is 2. The van der Waals surface area contributed by atoms with Crippen LogP contribution in [0.1, 0.15) is 67.3 Å². The third-order valence-corrected chi connectivity index (χ3v) is 8.47. The van der Waals surface area contributed by atoms with Crippen LogP contribution in [0, 0.1) is 11.8 Å². The van der Waals surface area contributed by atoms with Gasteiger partial charge in [-0.1, -0.05) is 31.4 Å². The van der Waals surface area contributed by atoms with Crippen LogP contribution < -0.4 is 4.74 Å². The van der Waals surface area contributed by atoms with Gasteiger partial charge in [0.05, 0.1) is 12.7 Å². The molecule has 0 N–H and O–H groups in total. The van der Waals surface area contributed by atoms with Gasteiger partial charge in [0.1, 0.15) is 5.75 Å². The molecule has 2 heterocycles. The van der Waals surface area contributed by atoms with Crippen LogP contribution in [0.5, 0.6) is 5.75 Å². The molecule has 5 nitrogen and oxygen atoms in total. The molecule has 2 aromatic rings. The normalized spacial score (nSPS) is 18.5. The monoisotopic (exact) mass is 482 g/mol. The molecule has 1 aromatic carbocycles. The second kappa shape index (κ2) is 11.9. The number of likely N-dealkylation sites (N-methyl/N-ethyl adjacent to an activating group) is 1. The van der Waals surface area contributed by atoms with Gasteiger partial charge in [-0.3, -0.25) is 9.59 Å². The minimum atomic E-state index is 0.0740. The zero-order valence-corrected chi connectivity index (χ0v) is 21.4. The molecular weight excluding hydrogens is 444 g/mol. The van der Waals surface area contributed by atoms with Crippen LogP contribution in [0.15, 0.2) is 41.1 Å². The highest BCUT2D eigenvalue weighted by molar-refractivity contribution is 7.08. The molecule has 2 aliphatic rings. The smallest absolute Gasteiger partial charge is 0.254 e. The maximum Gasteiger partial charge on any atom is 0.254 e. The van der Waals surface area contributed by atoms with E-state index in [1.54, 1.807) is 18.4 Å². The second-order valence-corrected chi connectivity index (χ2v) is 10.8. The summed E-state index contributed by atoms with van der Waals surface area (Å²) in [6, 6.07) is 10.1. The van der Waals surface area contributed by atoms with Crippen LogP contribution in [-0.4, -0.2) is 54.9 Å². The molecule has 2 fully saturated rings. The first-order valence-corrected chi connectivity index (χ1v) is 13.7. The number of thiophene rings is 1. The first-order chi connectivity index (χ1) is 16.5. The summed E-state index contributed by atoms with van der Waals surface area (Å²) in [5, 5.41) is 3.88. The van der Waals surface area contributed by atoms with Gasteiger partial charge in [-0.2, -0.15) is 11.3 Å². The van der Waals surface area contributed by atoms with Crippen molar-refractivity contribution in [2.24, 2.45) is 11.8 Å². The number of methoxy groups -OCH3 is 1. The van der Waals surface area contributed by atoms with Crippen molar-refractivity contribution < 1.29 is 14.3 Å². The number of piperidine rings is 1. The number of amides is 2. The third kappa shape index (κ3) is 6.21. The first kappa shape index (κ1) is 24.8. The molecule has 1 aliphatic carbocycles. The zero-order chi connectivity index (χ0) is 23.9. The third-order valence-electron chi connectivity index (χ3n) is 7.79. The molecule has 2 amide bonds. The standard InChI is InChI=1S/C28H38N2O3S/c1-29(28(32)24-13-16-34-20-24)26(18-22-9-6-10-25(17-22)33-2)23-11-14-30(15-12-23)27(31)19-21-7-4-3-5-8-21/h6,9-10,13,16-17,20-21,23,26H,3-5,7-8,11-12,14-15,18-19H2,1-2H3/t26-/m0/s1. The number of nitrogens with zero attached hydrogens (tertiary/aromatic N) is 2. The van der Waals surface area contributed by atoms with Gasteiger partial charge in [0, 0.05) is 38.0 Å². The molecular formula is C28H38N2O3S. The average molecular weight is 483 g/mol. The zero-order valence-electron chi connectivity index (χ0n) is 20.6. The largest absolute Gasteiger partial charge is 0.497 e. The van der Waals surface area contributed by atoms with E-state index < -0.39 is 0 Å². The summed E-state index contributed by atoms with van der Waals surface area (Å²) in [6.07, 6.45) is 9.66. The predicted octanol–water partition coefficient (Wildman–Crippen LogP) is 5.65. The maximum atomic E-state index is 13.2. The number of likely N-dealkylation sites (tertiary alicyclic amines) is 1. The molecule has 0 unspecified atom stereocenters. The Bertz CT molecular complexity index is 931. The van der Waals surface area contributed by atoms with E-state index in [-0.39, 0.29) is 11.9 Å². The average Bonchev–Trinajstić information content (AvgIpc) is 3.42. The van der Waals surface area contributed by atoms with Gasteiger partial charge in [0.15, 0.2) is 0 Å². The predicted molar refractivity (Wildman–Crippen MR) is 137 cm³/mol. The molecule has 184 valence electrons. The SMILES string of the molecule is COc1cccc(C[C@@H](C2CCN(C(=O)CC3CCCCC3)CC2)N(C)C(=O)c2ccsc2)c1. The topological polar surface area (TPSA) is 49.9 Å². The lowest BCUT2D eigenvalue weighted by Gasteiger charge is -2.40. The van der Waals surface area contributed by atoms with Crippen LogP contribution in [0.4, 0.5) is 0 Å². The lowest BCUT2D eigenvalue weighted by atomic mass is 9.83. The molecule has 34 heavy (non-hydrogen) atoms. The fraction of sp³-hybridized carbons (Fsp3) is 0.571. The van der Waals surface area contributed by atoms with Crippen LogP contribution in [0.2, 0.25) is 0 Å². The van der Waals surface area contributed by atoms with Crippen molar-refractivity contribution in [3.8, 4) is 5.75 Å². The van der Waals surface area contributed by atoms with Gasteiger partial charge in [-0.25, -0.2) is 0 Å². The number of carbonyl (C=O) groups is 2. The Hall–Kier alpha value is -2.34. The molecule has 1 aliphatic heterocycles. The Morgan fingerprint density at radius 3 is 2.56 bits per heavy atom. The van der Waals surface area contributed by atoms with Crippen LogP contribution in [0.25, 0.3) is 0 Å². The van der Waals surface area contributed by atoms with E-state index in [0.717, 1.165) is 43.7 Å². The van der Waals surface area contributed by atoms with E-state index in [0.29, 0.717) is 24.2 Å². The van der Waals surface area contributed by atoms with Gasteiger partial charge in [-0.05, 0) is 73.1 Å². The fourth-order valence-corrected chi connectivity index (χ4v) is 6.33. The summed E-state index contributed by atoms with van der Waals surface area (Å²) in [5.41, 5.74) is 1.92. The summed E-state index contributed by atoms with van der Waals surface area (Å²) < 4.78 is 5.43. The summed E-state index contributed by atoms with van der Waals surface area (Å²) in [4.78, 5) is 30.2. The molecule has 1 saturated heterocycles. The maximum absolute atomic E-state index is 13.2. The van der Waals surface area contributed by atoms with E-state index in [4.69, 9.17) is 4.74 Å². The summed E-state index contributed by atoms with van der Waals surface area (Å²) >= 11 is 1.55. The van der Waals surface area contributed by atoms with Crippen LogP contribution in [0.3, 0.4) is 0 Å². The molecule has 6 heteroatoms. The summed E-state index contributed by atoms with van der Waals surface area (Å²) in [5.74, 6) is 2.18. The number of hydrogen-bond donors (Lipinski definition) is 0. The summed E-state index contributed by atoms with van der Waals surface area (Å²) in [7, 11) is 3.62. The van der Waals surface area contributed by atoms with Gasteiger partial charge >= 0.3 is 0 Å². The minimum Gasteiger partial charge on any atom is -0.497 e. The summed E-state index contributed by atoms with van der Waals surface area (Å²) in [6.45, 7) is 1.59. The van der Waals surface area contributed by atoms with Crippen molar-refractivity contribution in [2.45, 2.75) is 63.8 Å². The number of hydrogen-bond acceptors (Lipinski definition) is 4. The van der Waals surface area contributed by atoms with E-state index in [2.05, 4.69) is 17.0 Å². The Morgan fingerprint density at radius 1 is 1.12 bits per heavy atom. The second-order valence-electron chi connectivity index (χ2n) is 9.98. The molecule has 0 spiro atoms. The highest BCUT2D eigenvalue weighted by atomic mass is 32.1. The number of ether oxygens (including phenoxy) is 1. The molecule has 0 bridgehead atoms. The number of benzene rings is 1. The van der Waals surface area contributed by atoms with Crippen molar-refractivity contribution in [1.29, 1.82) is 0 Å². The quantitative estimate of drug-likeness (QED) is 0.489. The first-order valence-electron chi connectivity index (χ1n) is 12.7. The van der Waals surface area contributed by atoms with Gasteiger partial charge < -0.3 is 14.5 Å². The van der Waals surface area contributed by atoms with Crippen LogP contribution >= 0.6 is 11.3 Å². The highest BCUT2D eigenvalue weighted by Crippen LogP contribution is 2.31. The Labute approximate surface area is 208 Å². The molecule has 1 saturated carbocycles. The van der Waals surface area contributed by atoms with Gasteiger partial charge in [-0.15, -0.1) is 0 Å². The van der Waals surface area contributed by atoms with Crippen LogP contribution in [-0.2, 0) is 11.2 Å². The van der Waals surface area contributed by atoms with Crippen molar-refractivity contribution in [1.82, 2.24) is 9.80 Å². The van der Waals surface area contributed by atoms with Crippen molar-refractivity contribution >= 4 is 23.2 Å². The Kier molecular flexibility index (Phi) is 8.65. The number of rotatable bonds is 8. The Morgan fingerprint density at radius 2 is 1.88 bits per heavy atom. The van der Waals surface area contributed by atoms with Crippen molar-refractivity contribution in [2.75, 3.05) is 27.2 Å². The molecule has 4 rings (SSSR count). The molecule has 0 radical (unpaired) electrons. The minimum absolute atomic E-state index is 0.0740. The van der Waals surface area contributed by atoms with E-state index in [9.17, 15) is 9.59 Å². The van der Waals surface area contributed by atoms with E-state index in [1.807, 2.05) is 40.9 Å². The lowest BCUT2D eigenvalue weighted by molar-refractivity contribution is -0.134. The van der Waals surface area contributed by atoms with Gasteiger partial charge in [0.2, 0.25) is 5.91 Å². The molecule has 1 atom stereocenters. The molecule has 1 aromatic heterocycles. The Balaban J connectivity index is 1.43. The van der Waals surface area contributed by atoms with E-state index >= 15 is 0 Å². The lowest BCUT2D eigenvalue weighted by Crippen LogP contribution is -2.48. The fourth-order valence-electron chi connectivity index (χ4n) is 5.70. The van der Waals surface area contributed by atoms with Crippen molar-refractivity contribution in [3.05, 3.63) is 52.2 Å². The van der Waals surface area contributed by atoms with Crippen molar-refractivity contribution in [3.63, 3.8) is 0 Å². The highest BCUT2D eigenvalue weighted by Gasteiger charge is 2.33. The van der Waals surface area contributed by atoms with E-state index in [1.165, 1.54) is 37.7 Å². The van der Waals surface area contributed by atoms with Gasteiger partial charge in [0.25, 0.3) is 5.91 Å².